The molecule has 0 heterocycles. The first kappa shape index (κ1) is 19.8. The van der Waals surface area contributed by atoms with E-state index in [4.69, 9.17) is 4.74 Å². The van der Waals surface area contributed by atoms with Crippen LogP contribution in [0.3, 0.4) is 0 Å². The van der Waals surface area contributed by atoms with Gasteiger partial charge in [-0.15, -0.1) is 0 Å². The Balaban J connectivity index is 1.50. The molecule has 1 aliphatic rings. The fraction of sp³-hybridized carbons (Fsp3) is 0.435. The number of nitrogens with one attached hydrogen (secondary N) is 1. The summed E-state index contributed by atoms with van der Waals surface area (Å²) in [6.45, 7) is 2.55. The topological polar surface area (TPSA) is 38.3 Å². The molecular formula is C23H29NO2S. The molecule has 1 atom stereocenters. The van der Waals surface area contributed by atoms with E-state index in [1.807, 2.05) is 12.1 Å². The van der Waals surface area contributed by atoms with Crippen molar-refractivity contribution >= 4 is 18.7 Å². The summed E-state index contributed by atoms with van der Waals surface area (Å²) in [5.74, 6) is 0.0931. The Morgan fingerprint density at radius 2 is 1.59 bits per heavy atom. The van der Waals surface area contributed by atoms with Gasteiger partial charge in [0.05, 0.1) is 5.37 Å². The second kappa shape index (κ2) is 9.84. The van der Waals surface area contributed by atoms with Crippen molar-refractivity contribution in [1.29, 1.82) is 0 Å². The second-order valence-corrected chi connectivity index (χ2v) is 7.81. The van der Waals surface area contributed by atoms with Gasteiger partial charge in [-0.25, -0.2) is 4.79 Å². The fourth-order valence-electron chi connectivity index (χ4n) is 3.79. The van der Waals surface area contributed by atoms with Crippen molar-refractivity contribution in [2.24, 2.45) is 0 Å². The van der Waals surface area contributed by atoms with Crippen LogP contribution in [0, 0.1) is 0 Å². The monoisotopic (exact) mass is 383 g/mol. The zero-order valence-corrected chi connectivity index (χ0v) is 16.9. The number of rotatable bonds is 9. The van der Waals surface area contributed by atoms with Crippen molar-refractivity contribution in [3.8, 4) is 11.1 Å². The SMILES string of the molecule is CCCCCCCC(S)NC(=O)OCC1c2ccccc2-c2ccccc21. The molecule has 2 aromatic carbocycles. The smallest absolute Gasteiger partial charge is 0.408 e. The Labute approximate surface area is 167 Å². The number of carbonyl (C=O) groups excluding carboxylic acids is 1. The number of carbonyl (C=O) groups is 1. The minimum absolute atomic E-state index is 0.0931. The van der Waals surface area contributed by atoms with Crippen LogP contribution in [0.2, 0.25) is 0 Å². The predicted octanol–water partition coefficient (Wildman–Crippen LogP) is 6.14. The van der Waals surface area contributed by atoms with Crippen molar-refractivity contribution in [3.63, 3.8) is 0 Å². The molecule has 0 fully saturated rings. The number of hydrogen-bond donors (Lipinski definition) is 2. The summed E-state index contributed by atoms with van der Waals surface area (Å²) in [7, 11) is 0. The van der Waals surface area contributed by atoms with Crippen LogP contribution < -0.4 is 5.32 Å². The number of thiol groups is 1. The lowest BCUT2D eigenvalue weighted by molar-refractivity contribution is 0.142. The maximum absolute atomic E-state index is 12.2. The number of unbranched alkanes of at least 4 members (excludes halogenated alkanes) is 4. The van der Waals surface area contributed by atoms with E-state index in [2.05, 4.69) is 61.3 Å². The van der Waals surface area contributed by atoms with Gasteiger partial charge in [-0.1, -0.05) is 87.6 Å². The molecule has 4 heteroatoms. The lowest BCUT2D eigenvalue weighted by Gasteiger charge is -2.17. The first-order valence-electron chi connectivity index (χ1n) is 10.00. The van der Waals surface area contributed by atoms with Crippen molar-refractivity contribution < 1.29 is 9.53 Å². The van der Waals surface area contributed by atoms with Gasteiger partial charge in [-0.05, 0) is 28.7 Å². The van der Waals surface area contributed by atoms with E-state index in [-0.39, 0.29) is 17.4 Å². The van der Waals surface area contributed by atoms with E-state index >= 15 is 0 Å². The van der Waals surface area contributed by atoms with Gasteiger partial charge in [0.25, 0.3) is 0 Å². The Bertz CT molecular complexity index is 716. The summed E-state index contributed by atoms with van der Waals surface area (Å²) in [6, 6.07) is 16.7. The average molecular weight is 384 g/mol. The number of amides is 1. The zero-order valence-electron chi connectivity index (χ0n) is 16.0. The molecule has 1 N–H and O–H groups in total. The average Bonchev–Trinajstić information content (AvgIpc) is 3.00. The lowest BCUT2D eigenvalue weighted by Crippen LogP contribution is -2.32. The first-order valence-corrected chi connectivity index (χ1v) is 10.5. The molecule has 144 valence electrons. The lowest BCUT2D eigenvalue weighted by atomic mass is 9.98. The highest BCUT2D eigenvalue weighted by Crippen LogP contribution is 2.44. The van der Waals surface area contributed by atoms with Gasteiger partial charge in [0, 0.05) is 5.92 Å². The van der Waals surface area contributed by atoms with Gasteiger partial charge in [-0.2, -0.15) is 12.6 Å². The highest BCUT2D eigenvalue weighted by atomic mass is 32.1. The summed E-state index contributed by atoms with van der Waals surface area (Å²) in [5, 5.41) is 2.70. The fourth-order valence-corrected chi connectivity index (χ4v) is 4.08. The van der Waals surface area contributed by atoms with E-state index in [0.717, 1.165) is 12.8 Å². The summed E-state index contributed by atoms with van der Waals surface area (Å²) < 4.78 is 5.56. The summed E-state index contributed by atoms with van der Waals surface area (Å²) in [6.07, 6.45) is 6.53. The molecule has 0 radical (unpaired) electrons. The van der Waals surface area contributed by atoms with Crippen LogP contribution in [0.25, 0.3) is 11.1 Å². The third-order valence-electron chi connectivity index (χ3n) is 5.21. The Hall–Kier alpha value is -1.94. The first-order chi connectivity index (χ1) is 13.2. The molecule has 0 spiro atoms. The van der Waals surface area contributed by atoms with Crippen LogP contribution in [0.4, 0.5) is 4.79 Å². The van der Waals surface area contributed by atoms with Crippen LogP contribution in [0.5, 0.6) is 0 Å². The maximum Gasteiger partial charge on any atom is 0.408 e. The third-order valence-corrected chi connectivity index (χ3v) is 5.60. The number of ether oxygens (including phenoxy) is 1. The molecule has 27 heavy (non-hydrogen) atoms. The molecule has 3 nitrogen and oxygen atoms in total. The number of hydrogen-bond acceptors (Lipinski definition) is 3. The van der Waals surface area contributed by atoms with Crippen LogP contribution in [-0.4, -0.2) is 18.1 Å². The zero-order chi connectivity index (χ0) is 19.1. The maximum atomic E-state index is 12.2. The molecule has 0 saturated heterocycles. The minimum atomic E-state index is -0.384. The number of fused-ring (bicyclic) bond motifs is 3. The third kappa shape index (κ3) is 5.07. The van der Waals surface area contributed by atoms with Crippen molar-refractivity contribution in [1.82, 2.24) is 5.32 Å². The van der Waals surface area contributed by atoms with Crippen molar-refractivity contribution in [2.75, 3.05) is 6.61 Å². The van der Waals surface area contributed by atoms with Crippen molar-refractivity contribution in [3.05, 3.63) is 59.7 Å². The molecule has 1 aliphatic carbocycles. The molecule has 0 aliphatic heterocycles. The van der Waals surface area contributed by atoms with Gasteiger partial charge >= 0.3 is 6.09 Å². The van der Waals surface area contributed by atoms with E-state index in [9.17, 15) is 4.79 Å². The van der Waals surface area contributed by atoms with E-state index in [1.165, 1.54) is 47.9 Å². The van der Waals surface area contributed by atoms with Crippen LogP contribution in [-0.2, 0) is 4.74 Å². The number of benzene rings is 2. The summed E-state index contributed by atoms with van der Waals surface area (Å²) >= 11 is 4.48. The Morgan fingerprint density at radius 1 is 1.00 bits per heavy atom. The standard InChI is InChI=1S/C23H29NO2S/c1-2-3-4-5-6-15-22(27)24-23(25)26-16-21-19-13-9-7-11-17(19)18-12-8-10-14-20(18)21/h7-14,21-22,27H,2-6,15-16H2,1H3,(H,24,25). The minimum Gasteiger partial charge on any atom is -0.449 e. The van der Waals surface area contributed by atoms with Gasteiger partial charge in [-0.3, -0.25) is 0 Å². The predicted molar refractivity (Wildman–Crippen MR) is 114 cm³/mol. The van der Waals surface area contributed by atoms with Crippen LogP contribution >= 0.6 is 12.6 Å². The molecule has 1 unspecified atom stereocenters. The largest absolute Gasteiger partial charge is 0.449 e. The van der Waals surface area contributed by atoms with Gasteiger partial charge in [0.1, 0.15) is 6.61 Å². The quantitative estimate of drug-likeness (QED) is 0.310. The molecule has 0 saturated carbocycles. The summed E-state index contributed by atoms with van der Waals surface area (Å²) in [4.78, 5) is 12.2. The molecule has 2 aromatic rings. The summed E-state index contributed by atoms with van der Waals surface area (Å²) in [5.41, 5.74) is 4.93. The van der Waals surface area contributed by atoms with Gasteiger partial charge in [0.2, 0.25) is 0 Å². The van der Waals surface area contributed by atoms with E-state index in [1.54, 1.807) is 0 Å². The molecular weight excluding hydrogens is 354 g/mol. The van der Waals surface area contributed by atoms with E-state index in [0.29, 0.717) is 6.61 Å². The molecule has 1 amide bonds. The highest BCUT2D eigenvalue weighted by molar-refractivity contribution is 7.80. The molecule has 0 bridgehead atoms. The highest BCUT2D eigenvalue weighted by Gasteiger charge is 2.29. The second-order valence-electron chi connectivity index (χ2n) is 7.19. The van der Waals surface area contributed by atoms with Crippen LogP contribution in [0.1, 0.15) is 62.5 Å². The normalized spacial score (nSPS) is 13.7. The van der Waals surface area contributed by atoms with Crippen LogP contribution in [0.15, 0.2) is 48.5 Å². The molecule has 0 aromatic heterocycles. The van der Waals surface area contributed by atoms with Gasteiger partial charge < -0.3 is 10.1 Å². The van der Waals surface area contributed by atoms with Crippen molar-refractivity contribution in [2.45, 2.75) is 56.7 Å². The number of alkyl carbamates (subject to hydrolysis) is 1. The Kier molecular flexibility index (Phi) is 7.22. The molecule has 3 rings (SSSR count). The van der Waals surface area contributed by atoms with E-state index < -0.39 is 0 Å². The Morgan fingerprint density at radius 3 is 2.22 bits per heavy atom. The van der Waals surface area contributed by atoms with Gasteiger partial charge in [0.15, 0.2) is 0 Å².